The molecule has 0 aliphatic carbocycles. The van der Waals surface area contributed by atoms with Crippen LogP contribution in [0.4, 0.5) is 0 Å². The first-order valence-electron chi connectivity index (χ1n) is 6.79. The second-order valence-corrected chi connectivity index (χ2v) is 6.73. The van der Waals surface area contributed by atoms with Gasteiger partial charge in [0.2, 0.25) is 10.0 Å². The van der Waals surface area contributed by atoms with E-state index in [1.165, 1.54) is 35.7 Å². The molecule has 0 bridgehead atoms. The van der Waals surface area contributed by atoms with E-state index in [0.717, 1.165) is 12.8 Å². The maximum absolute atomic E-state index is 12.4. The molecule has 1 aliphatic rings. The average Bonchev–Trinajstić information content (AvgIpc) is 3.07. The largest absolute Gasteiger partial charge is 0.466 e. The summed E-state index contributed by atoms with van der Waals surface area (Å²) < 4.78 is 35.4. The van der Waals surface area contributed by atoms with Gasteiger partial charge in [-0.15, -0.1) is 0 Å². The predicted molar refractivity (Wildman–Crippen MR) is 76.7 cm³/mol. The van der Waals surface area contributed by atoms with E-state index in [-0.39, 0.29) is 10.5 Å². The number of esters is 2. The fourth-order valence-electron chi connectivity index (χ4n) is 2.13. The van der Waals surface area contributed by atoms with Gasteiger partial charge in [-0.1, -0.05) is 6.07 Å². The topological polar surface area (TPSA) is 90.0 Å². The summed E-state index contributed by atoms with van der Waals surface area (Å²) in [5.41, 5.74) is 0.0733. The maximum Gasteiger partial charge on any atom is 0.344 e. The highest BCUT2D eigenvalue weighted by Crippen LogP contribution is 2.21. The van der Waals surface area contributed by atoms with Crippen molar-refractivity contribution in [1.82, 2.24) is 4.31 Å². The fourth-order valence-corrected chi connectivity index (χ4v) is 3.69. The number of nitrogens with zero attached hydrogens (tertiary/aromatic N) is 1. The van der Waals surface area contributed by atoms with Crippen LogP contribution in [0.2, 0.25) is 0 Å². The van der Waals surface area contributed by atoms with E-state index in [4.69, 9.17) is 4.74 Å². The first kappa shape index (κ1) is 16.4. The minimum absolute atomic E-state index is 0.0434. The Morgan fingerprint density at radius 2 is 1.91 bits per heavy atom. The lowest BCUT2D eigenvalue weighted by Crippen LogP contribution is -2.28. The van der Waals surface area contributed by atoms with Crippen molar-refractivity contribution in [3.63, 3.8) is 0 Å². The molecule has 7 nitrogen and oxygen atoms in total. The quantitative estimate of drug-likeness (QED) is 0.743. The van der Waals surface area contributed by atoms with Crippen molar-refractivity contribution in [2.75, 3.05) is 26.8 Å². The minimum Gasteiger partial charge on any atom is -0.466 e. The van der Waals surface area contributed by atoms with Crippen LogP contribution in [-0.4, -0.2) is 51.5 Å². The van der Waals surface area contributed by atoms with E-state index < -0.39 is 28.6 Å². The Hall–Kier alpha value is -1.93. The van der Waals surface area contributed by atoms with E-state index >= 15 is 0 Å². The van der Waals surface area contributed by atoms with Gasteiger partial charge < -0.3 is 9.47 Å². The number of sulfonamides is 1. The van der Waals surface area contributed by atoms with Crippen LogP contribution in [0.5, 0.6) is 0 Å². The molecule has 1 aliphatic heterocycles. The lowest BCUT2D eigenvalue weighted by molar-refractivity contribution is -0.144. The molecular formula is C14H17NO6S. The fraction of sp³-hybridized carbons (Fsp3) is 0.429. The number of methoxy groups -OCH3 is 1. The van der Waals surface area contributed by atoms with Crippen LogP contribution in [0.1, 0.15) is 23.2 Å². The number of hydrogen-bond acceptors (Lipinski definition) is 6. The average molecular weight is 327 g/mol. The Morgan fingerprint density at radius 3 is 2.55 bits per heavy atom. The molecule has 8 heteroatoms. The SMILES string of the molecule is COC(=O)COC(=O)c1cccc(S(=O)(=O)N2CCCC2)c1. The highest BCUT2D eigenvalue weighted by molar-refractivity contribution is 7.89. The van der Waals surface area contributed by atoms with Crippen LogP contribution in [0, 0.1) is 0 Å². The Bertz CT molecular complexity index is 664. The molecule has 1 heterocycles. The van der Waals surface area contributed by atoms with E-state index in [1.54, 1.807) is 0 Å². The van der Waals surface area contributed by atoms with Gasteiger partial charge in [0.1, 0.15) is 0 Å². The highest BCUT2D eigenvalue weighted by Gasteiger charge is 2.27. The molecule has 0 atom stereocenters. The van der Waals surface area contributed by atoms with Gasteiger partial charge in [-0.2, -0.15) is 4.31 Å². The summed E-state index contributed by atoms with van der Waals surface area (Å²) in [6.45, 7) is 0.455. The highest BCUT2D eigenvalue weighted by atomic mass is 32.2. The lowest BCUT2D eigenvalue weighted by Gasteiger charge is -2.15. The van der Waals surface area contributed by atoms with Gasteiger partial charge in [-0.3, -0.25) is 0 Å². The number of carbonyl (C=O) groups excluding carboxylic acids is 2. The normalized spacial score (nSPS) is 15.5. The lowest BCUT2D eigenvalue weighted by atomic mass is 10.2. The molecule has 120 valence electrons. The summed E-state index contributed by atoms with van der Waals surface area (Å²) in [5.74, 6) is -1.46. The molecule has 0 saturated carbocycles. The molecule has 1 saturated heterocycles. The molecule has 0 unspecified atom stereocenters. The second kappa shape index (κ2) is 6.89. The monoisotopic (exact) mass is 327 g/mol. The van der Waals surface area contributed by atoms with Gasteiger partial charge in [0, 0.05) is 13.1 Å². The Morgan fingerprint density at radius 1 is 1.23 bits per heavy atom. The van der Waals surface area contributed by atoms with Crippen molar-refractivity contribution in [3.8, 4) is 0 Å². The van der Waals surface area contributed by atoms with Crippen LogP contribution in [0.15, 0.2) is 29.2 Å². The Balaban J connectivity index is 2.16. The number of carbonyl (C=O) groups is 2. The van der Waals surface area contributed by atoms with Crippen LogP contribution in [-0.2, 0) is 24.3 Å². The third-order valence-electron chi connectivity index (χ3n) is 3.32. The standard InChI is InChI=1S/C14H17NO6S/c1-20-13(16)10-21-14(17)11-5-4-6-12(9-11)22(18,19)15-7-2-3-8-15/h4-6,9H,2-3,7-8,10H2,1H3. The van der Waals surface area contributed by atoms with Gasteiger partial charge >= 0.3 is 11.9 Å². The minimum atomic E-state index is -3.60. The zero-order valence-corrected chi connectivity index (χ0v) is 13.0. The van der Waals surface area contributed by atoms with E-state index in [0.29, 0.717) is 13.1 Å². The number of benzene rings is 1. The van der Waals surface area contributed by atoms with Gasteiger partial charge in [-0.05, 0) is 31.0 Å². The van der Waals surface area contributed by atoms with E-state index in [2.05, 4.69) is 4.74 Å². The number of rotatable bonds is 5. The summed E-state index contributed by atoms with van der Waals surface area (Å²) in [5, 5.41) is 0. The van der Waals surface area contributed by atoms with Crippen molar-refractivity contribution >= 4 is 22.0 Å². The number of hydrogen-bond donors (Lipinski definition) is 0. The van der Waals surface area contributed by atoms with Crippen molar-refractivity contribution in [2.45, 2.75) is 17.7 Å². The molecule has 0 amide bonds. The number of ether oxygens (including phenoxy) is 2. The van der Waals surface area contributed by atoms with Crippen molar-refractivity contribution < 1.29 is 27.5 Å². The molecule has 0 radical (unpaired) electrons. The molecule has 1 aromatic carbocycles. The van der Waals surface area contributed by atoms with Crippen molar-refractivity contribution in [3.05, 3.63) is 29.8 Å². The van der Waals surface area contributed by atoms with Crippen LogP contribution < -0.4 is 0 Å². The second-order valence-electron chi connectivity index (χ2n) is 4.79. The molecule has 0 aromatic heterocycles. The first-order valence-corrected chi connectivity index (χ1v) is 8.23. The van der Waals surface area contributed by atoms with Gasteiger partial charge in [-0.25, -0.2) is 18.0 Å². The van der Waals surface area contributed by atoms with Crippen LogP contribution in [0.3, 0.4) is 0 Å². The smallest absolute Gasteiger partial charge is 0.344 e. The molecular weight excluding hydrogens is 310 g/mol. The summed E-state index contributed by atoms with van der Waals surface area (Å²) in [6, 6.07) is 5.60. The Labute approximate surface area is 128 Å². The molecule has 0 N–H and O–H groups in total. The summed E-state index contributed by atoms with van der Waals surface area (Å²) in [4.78, 5) is 22.8. The summed E-state index contributed by atoms with van der Waals surface area (Å²) >= 11 is 0. The molecule has 1 fully saturated rings. The maximum atomic E-state index is 12.4. The van der Waals surface area contributed by atoms with Gasteiger partial charge in [0.15, 0.2) is 6.61 Å². The summed E-state index contributed by atoms with van der Waals surface area (Å²) in [7, 11) is -2.42. The zero-order chi connectivity index (χ0) is 16.2. The van der Waals surface area contributed by atoms with Crippen LogP contribution >= 0.6 is 0 Å². The van der Waals surface area contributed by atoms with Crippen LogP contribution in [0.25, 0.3) is 0 Å². The van der Waals surface area contributed by atoms with Gasteiger partial charge in [0.25, 0.3) is 0 Å². The Kier molecular flexibility index (Phi) is 5.15. The van der Waals surface area contributed by atoms with E-state index in [9.17, 15) is 18.0 Å². The summed E-state index contributed by atoms with van der Waals surface area (Å²) in [6.07, 6.45) is 1.67. The predicted octanol–water partition coefficient (Wildman–Crippen LogP) is 0.801. The molecule has 22 heavy (non-hydrogen) atoms. The third kappa shape index (κ3) is 3.63. The molecule has 2 rings (SSSR count). The zero-order valence-electron chi connectivity index (χ0n) is 12.1. The molecule has 0 spiro atoms. The van der Waals surface area contributed by atoms with E-state index in [1.807, 2.05) is 0 Å². The third-order valence-corrected chi connectivity index (χ3v) is 5.22. The van der Waals surface area contributed by atoms with Crippen molar-refractivity contribution in [1.29, 1.82) is 0 Å². The van der Waals surface area contributed by atoms with Crippen molar-refractivity contribution in [2.24, 2.45) is 0 Å². The first-order chi connectivity index (χ1) is 10.4. The molecule has 1 aromatic rings. The van der Waals surface area contributed by atoms with Gasteiger partial charge in [0.05, 0.1) is 17.6 Å².